The molecule has 1 aromatic carbocycles. The lowest BCUT2D eigenvalue weighted by Crippen LogP contribution is -2.01. The summed E-state index contributed by atoms with van der Waals surface area (Å²) in [4.78, 5) is 21.1. The van der Waals surface area contributed by atoms with Crippen molar-refractivity contribution in [1.82, 2.24) is 0 Å². The van der Waals surface area contributed by atoms with E-state index in [4.69, 9.17) is 14.2 Å². The van der Waals surface area contributed by atoms with Gasteiger partial charge in [0.2, 0.25) is 0 Å². The molecule has 98 valence electrons. The molecule has 0 heterocycles. The fourth-order valence-electron chi connectivity index (χ4n) is 1.47. The molecule has 18 heavy (non-hydrogen) atoms. The molecular weight excluding hydrogens is 236 g/mol. The third kappa shape index (κ3) is 3.48. The van der Waals surface area contributed by atoms with E-state index in [-0.39, 0.29) is 0 Å². The second-order valence-corrected chi connectivity index (χ2v) is 3.52. The molecule has 0 radical (unpaired) electrons. The first kappa shape index (κ1) is 14.0. The topological polar surface area (TPSA) is 61.8 Å². The quantitative estimate of drug-likeness (QED) is 0.522. The van der Waals surface area contributed by atoms with E-state index in [1.54, 1.807) is 12.1 Å². The molecular formula is C13H16O5. The van der Waals surface area contributed by atoms with Gasteiger partial charge in [0.05, 0.1) is 26.4 Å². The van der Waals surface area contributed by atoms with Crippen molar-refractivity contribution in [3.63, 3.8) is 0 Å². The minimum atomic E-state index is 0.347. The molecule has 0 N–H and O–H groups in total. The van der Waals surface area contributed by atoms with Crippen LogP contribution >= 0.6 is 0 Å². The van der Waals surface area contributed by atoms with E-state index in [1.807, 2.05) is 0 Å². The maximum absolute atomic E-state index is 10.9. The lowest BCUT2D eigenvalue weighted by atomic mass is 10.2. The van der Waals surface area contributed by atoms with E-state index in [2.05, 4.69) is 0 Å². The van der Waals surface area contributed by atoms with Gasteiger partial charge < -0.3 is 19.0 Å². The average molecular weight is 252 g/mol. The Morgan fingerprint density at radius 2 is 1.72 bits per heavy atom. The van der Waals surface area contributed by atoms with Crippen molar-refractivity contribution < 1.29 is 23.8 Å². The normalized spacial score (nSPS) is 9.67. The number of unbranched alkanes of at least 4 members (excludes halogenated alkanes) is 1. The first-order valence-corrected chi connectivity index (χ1v) is 5.54. The molecule has 0 amide bonds. The van der Waals surface area contributed by atoms with Gasteiger partial charge in [-0.25, -0.2) is 0 Å². The van der Waals surface area contributed by atoms with E-state index < -0.39 is 0 Å². The fourth-order valence-corrected chi connectivity index (χ4v) is 1.47. The van der Waals surface area contributed by atoms with Crippen molar-refractivity contribution in [2.24, 2.45) is 0 Å². The van der Waals surface area contributed by atoms with Crippen molar-refractivity contribution in [3.05, 3.63) is 17.7 Å². The lowest BCUT2D eigenvalue weighted by Gasteiger charge is -2.12. The van der Waals surface area contributed by atoms with Gasteiger partial charge in [0, 0.05) is 18.6 Å². The van der Waals surface area contributed by atoms with Crippen LogP contribution in [0, 0.1) is 0 Å². The van der Waals surface area contributed by atoms with Gasteiger partial charge in [-0.05, 0) is 6.42 Å². The van der Waals surface area contributed by atoms with E-state index in [9.17, 15) is 9.59 Å². The number of methoxy groups -OCH3 is 2. The molecule has 5 nitrogen and oxygen atoms in total. The van der Waals surface area contributed by atoms with Crippen LogP contribution in [0.4, 0.5) is 0 Å². The molecule has 0 aromatic heterocycles. The van der Waals surface area contributed by atoms with Gasteiger partial charge in [-0.3, -0.25) is 4.79 Å². The van der Waals surface area contributed by atoms with Crippen LogP contribution in [0.1, 0.15) is 23.2 Å². The highest BCUT2D eigenvalue weighted by Gasteiger charge is 2.12. The van der Waals surface area contributed by atoms with Crippen LogP contribution in [0.5, 0.6) is 17.2 Å². The third-order valence-electron chi connectivity index (χ3n) is 2.37. The predicted octanol–water partition coefficient (Wildman–Crippen LogP) is 1.87. The Hall–Kier alpha value is -2.04. The number of ether oxygens (including phenoxy) is 3. The van der Waals surface area contributed by atoms with E-state index >= 15 is 0 Å². The minimum absolute atomic E-state index is 0.347. The average Bonchev–Trinajstić information content (AvgIpc) is 2.42. The molecule has 0 aliphatic heterocycles. The second-order valence-electron chi connectivity index (χ2n) is 3.52. The van der Waals surface area contributed by atoms with Crippen molar-refractivity contribution >= 4 is 12.6 Å². The van der Waals surface area contributed by atoms with Crippen LogP contribution in [0.2, 0.25) is 0 Å². The highest BCUT2D eigenvalue weighted by atomic mass is 16.5. The summed E-state index contributed by atoms with van der Waals surface area (Å²) in [7, 11) is 2.94. The Kier molecular flexibility index (Phi) is 5.70. The summed E-state index contributed by atoms with van der Waals surface area (Å²) >= 11 is 0. The summed E-state index contributed by atoms with van der Waals surface area (Å²) in [6.45, 7) is 0.422. The van der Waals surface area contributed by atoms with Gasteiger partial charge in [-0.2, -0.15) is 0 Å². The van der Waals surface area contributed by atoms with E-state index in [1.165, 1.54) is 14.2 Å². The third-order valence-corrected chi connectivity index (χ3v) is 2.37. The molecule has 1 rings (SSSR count). The Morgan fingerprint density at radius 1 is 1.11 bits per heavy atom. The van der Waals surface area contributed by atoms with Crippen LogP contribution in [0.3, 0.4) is 0 Å². The lowest BCUT2D eigenvalue weighted by molar-refractivity contribution is -0.108. The standard InChI is InChI=1S/C13H16O5/c1-16-12-7-10(18-6-4-3-5-14)8-13(17-2)11(12)9-15/h5,7-9H,3-4,6H2,1-2H3. The zero-order valence-corrected chi connectivity index (χ0v) is 10.5. The highest BCUT2D eigenvalue weighted by Crippen LogP contribution is 2.32. The number of rotatable bonds is 8. The number of benzene rings is 1. The number of aldehydes is 2. The smallest absolute Gasteiger partial charge is 0.157 e. The SMILES string of the molecule is COc1cc(OCCCC=O)cc(OC)c1C=O. The summed E-state index contributed by atoms with van der Waals surface area (Å²) in [6, 6.07) is 3.24. The van der Waals surface area contributed by atoms with Crippen LogP contribution in [0.25, 0.3) is 0 Å². The molecule has 0 unspecified atom stereocenters. The first-order chi connectivity index (χ1) is 8.76. The molecule has 0 fully saturated rings. The largest absolute Gasteiger partial charge is 0.496 e. The predicted molar refractivity (Wildman–Crippen MR) is 65.7 cm³/mol. The molecule has 0 aliphatic rings. The second kappa shape index (κ2) is 7.32. The maximum Gasteiger partial charge on any atom is 0.157 e. The zero-order valence-electron chi connectivity index (χ0n) is 10.5. The van der Waals surface area contributed by atoms with Crippen LogP contribution in [-0.4, -0.2) is 33.4 Å². The van der Waals surface area contributed by atoms with Crippen LogP contribution in [-0.2, 0) is 4.79 Å². The molecule has 0 saturated heterocycles. The van der Waals surface area contributed by atoms with Gasteiger partial charge in [-0.15, -0.1) is 0 Å². The van der Waals surface area contributed by atoms with Crippen LogP contribution in [0.15, 0.2) is 12.1 Å². The Morgan fingerprint density at radius 3 is 2.17 bits per heavy atom. The minimum Gasteiger partial charge on any atom is -0.496 e. The first-order valence-electron chi connectivity index (χ1n) is 5.54. The van der Waals surface area contributed by atoms with Crippen molar-refractivity contribution in [2.75, 3.05) is 20.8 Å². The fraction of sp³-hybridized carbons (Fsp3) is 0.385. The summed E-state index contributed by atoms with van der Waals surface area (Å²) in [5.74, 6) is 1.34. The van der Waals surface area contributed by atoms with Crippen molar-refractivity contribution in [3.8, 4) is 17.2 Å². The Bertz CT molecular complexity index is 389. The van der Waals surface area contributed by atoms with E-state index in [0.29, 0.717) is 48.5 Å². The number of carbonyl (C=O) groups excluding carboxylic acids is 2. The van der Waals surface area contributed by atoms with E-state index in [0.717, 1.165) is 6.29 Å². The maximum atomic E-state index is 10.9. The summed E-state index contributed by atoms with van der Waals surface area (Å²) in [6.07, 6.45) is 2.62. The van der Waals surface area contributed by atoms with Gasteiger partial charge in [0.25, 0.3) is 0 Å². The Labute approximate surface area is 106 Å². The highest BCUT2D eigenvalue weighted by molar-refractivity contribution is 5.84. The number of hydrogen-bond acceptors (Lipinski definition) is 5. The molecule has 0 aliphatic carbocycles. The summed E-state index contributed by atoms with van der Waals surface area (Å²) in [5.41, 5.74) is 0.347. The van der Waals surface area contributed by atoms with Crippen LogP contribution < -0.4 is 14.2 Å². The molecule has 0 saturated carbocycles. The molecule has 0 atom stereocenters. The molecule has 0 bridgehead atoms. The van der Waals surface area contributed by atoms with Gasteiger partial charge in [-0.1, -0.05) is 0 Å². The monoisotopic (exact) mass is 252 g/mol. The van der Waals surface area contributed by atoms with Crippen molar-refractivity contribution in [1.29, 1.82) is 0 Å². The van der Waals surface area contributed by atoms with Gasteiger partial charge in [0.1, 0.15) is 23.5 Å². The van der Waals surface area contributed by atoms with Gasteiger partial charge in [0.15, 0.2) is 6.29 Å². The molecule has 1 aromatic rings. The summed E-state index contributed by atoms with van der Waals surface area (Å²) < 4.78 is 15.7. The van der Waals surface area contributed by atoms with Gasteiger partial charge >= 0.3 is 0 Å². The van der Waals surface area contributed by atoms with Crippen molar-refractivity contribution in [2.45, 2.75) is 12.8 Å². The summed E-state index contributed by atoms with van der Waals surface area (Å²) in [5, 5.41) is 0. The molecule has 5 heteroatoms. The zero-order chi connectivity index (χ0) is 13.4. The Balaban J connectivity index is 2.86. The molecule has 0 spiro atoms. The number of hydrogen-bond donors (Lipinski definition) is 0. The number of carbonyl (C=O) groups is 2.